The van der Waals surface area contributed by atoms with Crippen LogP contribution in [0.25, 0.3) is 0 Å². The van der Waals surface area contributed by atoms with Gasteiger partial charge in [0.15, 0.2) is 0 Å². The summed E-state index contributed by atoms with van der Waals surface area (Å²) in [6.45, 7) is 8.01. The van der Waals surface area contributed by atoms with E-state index in [1.54, 1.807) is 0 Å². The molecule has 1 N–H and O–H groups in total. The van der Waals surface area contributed by atoms with Gasteiger partial charge < -0.3 is 10.2 Å². The van der Waals surface area contributed by atoms with E-state index in [0.717, 1.165) is 37.2 Å². The predicted molar refractivity (Wildman–Crippen MR) is 86.8 cm³/mol. The Balaban J connectivity index is 1.92. The summed E-state index contributed by atoms with van der Waals surface area (Å²) in [6.07, 6.45) is 0.900. The van der Waals surface area contributed by atoms with E-state index < -0.39 is 0 Å². The SMILES string of the molecule is CCNC(=O)CN1CCCN(C(=O)c2cccc(C)c2)CC1. The number of carbonyl (C=O) groups is 2. The van der Waals surface area contributed by atoms with Gasteiger partial charge in [0.05, 0.1) is 6.54 Å². The summed E-state index contributed by atoms with van der Waals surface area (Å²) in [5, 5.41) is 2.82. The molecule has 1 aromatic carbocycles. The van der Waals surface area contributed by atoms with Crippen LogP contribution in [0.5, 0.6) is 0 Å². The van der Waals surface area contributed by atoms with Crippen LogP contribution < -0.4 is 5.32 Å². The molecule has 0 saturated carbocycles. The van der Waals surface area contributed by atoms with E-state index in [1.807, 2.05) is 43.0 Å². The minimum absolute atomic E-state index is 0.0564. The number of amides is 2. The Bertz CT molecular complexity index is 530. The van der Waals surface area contributed by atoms with E-state index in [-0.39, 0.29) is 11.8 Å². The molecule has 0 unspecified atom stereocenters. The summed E-state index contributed by atoms with van der Waals surface area (Å²) in [5.74, 6) is 0.143. The molecule has 0 spiro atoms. The number of aryl methyl sites for hydroxylation is 1. The lowest BCUT2D eigenvalue weighted by molar-refractivity contribution is -0.122. The molecule has 120 valence electrons. The second-order valence-electron chi connectivity index (χ2n) is 5.74. The van der Waals surface area contributed by atoms with Crippen molar-refractivity contribution >= 4 is 11.8 Å². The van der Waals surface area contributed by atoms with E-state index in [2.05, 4.69) is 10.2 Å². The van der Waals surface area contributed by atoms with Crippen molar-refractivity contribution in [3.05, 3.63) is 35.4 Å². The third-order valence-electron chi connectivity index (χ3n) is 3.88. The Morgan fingerprint density at radius 1 is 1.18 bits per heavy atom. The Morgan fingerprint density at radius 3 is 2.73 bits per heavy atom. The third-order valence-corrected chi connectivity index (χ3v) is 3.88. The van der Waals surface area contributed by atoms with Crippen molar-refractivity contribution in [2.75, 3.05) is 39.3 Å². The van der Waals surface area contributed by atoms with Crippen molar-refractivity contribution in [2.24, 2.45) is 0 Å². The summed E-state index contributed by atoms with van der Waals surface area (Å²) >= 11 is 0. The zero-order valence-electron chi connectivity index (χ0n) is 13.5. The van der Waals surface area contributed by atoms with Crippen LogP contribution in [0, 0.1) is 6.92 Å². The maximum absolute atomic E-state index is 12.6. The first kappa shape index (κ1) is 16.5. The second kappa shape index (κ2) is 7.94. The molecule has 1 heterocycles. The van der Waals surface area contributed by atoms with Gasteiger partial charge >= 0.3 is 0 Å². The zero-order valence-corrected chi connectivity index (χ0v) is 13.5. The molecule has 1 saturated heterocycles. The molecule has 1 aromatic rings. The molecule has 1 aliphatic heterocycles. The molecule has 0 radical (unpaired) electrons. The molecule has 5 nitrogen and oxygen atoms in total. The first-order chi connectivity index (χ1) is 10.6. The van der Waals surface area contributed by atoms with Crippen LogP contribution in [0.4, 0.5) is 0 Å². The fraction of sp³-hybridized carbons (Fsp3) is 0.529. The van der Waals surface area contributed by atoms with Crippen LogP contribution in [-0.2, 0) is 4.79 Å². The van der Waals surface area contributed by atoms with Crippen molar-refractivity contribution in [1.29, 1.82) is 0 Å². The van der Waals surface area contributed by atoms with Gasteiger partial charge in [0.2, 0.25) is 5.91 Å². The van der Waals surface area contributed by atoms with Gasteiger partial charge in [-0.1, -0.05) is 17.7 Å². The van der Waals surface area contributed by atoms with E-state index >= 15 is 0 Å². The highest BCUT2D eigenvalue weighted by Crippen LogP contribution is 2.11. The molecule has 2 rings (SSSR count). The number of carbonyl (C=O) groups excluding carboxylic acids is 2. The number of nitrogens with zero attached hydrogens (tertiary/aromatic N) is 2. The van der Waals surface area contributed by atoms with Crippen LogP contribution in [-0.4, -0.2) is 60.9 Å². The fourth-order valence-electron chi connectivity index (χ4n) is 2.75. The van der Waals surface area contributed by atoms with Crippen molar-refractivity contribution in [1.82, 2.24) is 15.1 Å². The fourth-order valence-corrected chi connectivity index (χ4v) is 2.75. The summed E-state index contributed by atoms with van der Waals surface area (Å²) < 4.78 is 0. The number of nitrogens with one attached hydrogen (secondary N) is 1. The average molecular weight is 303 g/mol. The number of benzene rings is 1. The highest BCUT2D eigenvalue weighted by Gasteiger charge is 2.21. The summed E-state index contributed by atoms with van der Waals surface area (Å²) in [6, 6.07) is 7.71. The van der Waals surface area contributed by atoms with Crippen LogP contribution in [0.2, 0.25) is 0 Å². The van der Waals surface area contributed by atoms with Crippen molar-refractivity contribution in [3.63, 3.8) is 0 Å². The molecular formula is C17H25N3O2. The van der Waals surface area contributed by atoms with Gasteiger partial charge in [-0.3, -0.25) is 14.5 Å². The highest BCUT2D eigenvalue weighted by molar-refractivity contribution is 5.94. The lowest BCUT2D eigenvalue weighted by atomic mass is 10.1. The second-order valence-corrected chi connectivity index (χ2v) is 5.74. The summed E-state index contributed by atoms with van der Waals surface area (Å²) in [7, 11) is 0. The summed E-state index contributed by atoms with van der Waals surface area (Å²) in [5.41, 5.74) is 1.84. The molecule has 22 heavy (non-hydrogen) atoms. The first-order valence-electron chi connectivity index (χ1n) is 7.95. The molecule has 1 aliphatic rings. The van der Waals surface area contributed by atoms with Gasteiger partial charge in [-0.2, -0.15) is 0 Å². The van der Waals surface area contributed by atoms with Crippen molar-refractivity contribution < 1.29 is 9.59 Å². The zero-order chi connectivity index (χ0) is 15.9. The van der Waals surface area contributed by atoms with Crippen molar-refractivity contribution in [3.8, 4) is 0 Å². The monoisotopic (exact) mass is 303 g/mol. The van der Waals surface area contributed by atoms with Crippen molar-refractivity contribution in [2.45, 2.75) is 20.3 Å². The lowest BCUT2D eigenvalue weighted by Gasteiger charge is -2.22. The number of rotatable bonds is 4. The Morgan fingerprint density at radius 2 is 2.00 bits per heavy atom. The molecular weight excluding hydrogens is 278 g/mol. The van der Waals surface area contributed by atoms with Gasteiger partial charge in [0, 0.05) is 38.3 Å². The van der Waals surface area contributed by atoms with E-state index in [9.17, 15) is 9.59 Å². The standard InChI is InChI=1S/C17H25N3O2/c1-3-18-16(21)13-19-8-5-9-20(11-10-19)17(22)15-7-4-6-14(2)12-15/h4,6-7,12H,3,5,8-11,13H2,1-2H3,(H,18,21). The van der Waals surface area contributed by atoms with E-state index in [0.29, 0.717) is 19.6 Å². The van der Waals surface area contributed by atoms with Gasteiger partial charge in [-0.25, -0.2) is 0 Å². The van der Waals surface area contributed by atoms with E-state index in [1.165, 1.54) is 0 Å². The maximum atomic E-state index is 12.6. The molecule has 0 aromatic heterocycles. The quantitative estimate of drug-likeness (QED) is 0.911. The molecule has 0 aliphatic carbocycles. The number of likely N-dealkylation sites (N-methyl/N-ethyl adjacent to an activating group) is 1. The first-order valence-corrected chi connectivity index (χ1v) is 7.95. The minimum Gasteiger partial charge on any atom is -0.355 e. The Kier molecular flexibility index (Phi) is 5.95. The normalized spacial score (nSPS) is 16.2. The van der Waals surface area contributed by atoms with Crippen LogP contribution in [0.15, 0.2) is 24.3 Å². The van der Waals surface area contributed by atoms with Gasteiger partial charge in [0.25, 0.3) is 5.91 Å². The molecule has 0 atom stereocenters. The number of hydrogen-bond donors (Lipinski definition) is 1. The molecule has 2 amide bonds. The maximum Gasteiger partial charge on any atom is 0.253 e. The van der Waals surface area contributed by atoms with Crippen LogP contribution in [0.1, 0.15) is 29.3 Å². The minimum atomic E-state index is 0.0564. The topological polar surface area (TPSA) is 52.7 Å². The predicted octanol–water partition coefficient (Wildman–Crippen LogP) is 1.28. The summed E-state index contributed by atoms with van der Waals surface area (Å²) in [4.78, 5) is 28.2. The highest BCUT2D eigenvalue weighted by atomic mass is 16.2. The van der Waals surface area contributed by atoms with Crippen LogP contribution >= 0.6 is 0 Å². The smallest absolute Gasteiger partial charge is 0.253 e. The molecule has 0 bridgehead atoms. The number of hydrogen-bond acceptors (Lipinski definition) is 3. The third kappa shape index (κ3) is 4.56. The Hall–Kier alpha value is -1.88. The Labute approximate surface area is 132 Å². The van der Waals surface area contributed by atoms with E-state index in [4.69, 9.17) is 0 Å². The lowest BCUT2D eigenvalue weighted by Crippen LogP contribution is -2.40. The molecule has 5 heteroatoms. The average Bonchev–Trinajstić information content (AvgIpc) is 2.72. The van der Waals surface area contributed by atoms with Gasteiger partial charge in [-0.05, 0) is 32.4 Å². The molecule has 1 fully saturated rings. The van der Waals surface area contributed by atoms with Gasteiger partial charge in [-0.15, -0.1) is 0 Å². The largest absolute Gasteiger partial charge is 0.355 e. The van der Waals surface area contributed by atoms with Crippen LogP contribution in [0.3, 0.4) is 0 Å². The van der Waals surface area contributed by atoms with Gasteiger partial charge in [0.1, 0.15) is 0 Å².